The van der Waals surface area contributed by atoms with Crippen LogP contribution in [-0.2, 0) is 9.59 Å². The molecule has 0 saturated carbocycles. The van der Waals surface area contributed by atoms with E-state index < -0.39 is 23.7 Å². The predicted octanol–water partition coefficient (Wildman–Crippen LogP) is 1.48. The quantitative estimate of drug-likeness (QED) is 0.267. The van der Waals surface area contributed by atoms with Crippen molar-refractivity contribution in [2.45, 2.75) is 13.2 Å². The number of nitrogens with zero attached hydrogens (tertiary/aromatic N) is 2. The number of para-hydroxylation sites is 2. The molecule has 0 bridgehead atoms. The van der Waals surface area contributed by atoms with E-state index in [0.29, 0.717) is 16.6 Å². The first-order valence-electron chi connectivity index (χ1n) is 9.72. The van der Waals surface area contributed by atoms with Crippen LogP contribution in [-0.4, -0.2) is 38.2 Å². The number of nitrogens with one attached hydrogen (secondary N) is 3. The summed E-state index contributed by atoms with van der Waals surface area (Å²) in [6.45, 7) is 1.80. The van der Waals surface area contributed by atoms with Crippen molar-refractivity contribution in [1.82, 2.24) is 20.7 Å². The lowest BCUT2D eigenvalue weighted by molar-refractivity contribution is -0.131. The van der Waals surface area contributed by atoms with Crippen molar-refractivity contribution in [3.63, 3.8) is 0 Å². The number of aromatic amines is 1. The first kappa shape index (κ1) is 19.9. The van der Waals surface area contributed by atoms with Gasteiger partial charge in [-0.3, -0.25) is 24.7 Å². The number of H-pyrrole nitrogens is 1. The summed E-state index contributed by atoms with van der Waals surface area (Å²) in [6.07, 6.45) is 0.251. The number of carbonyl (C=O) groups is 2. The Morgan fingerprint density at radius 3 is 2.47 bits per heavy atom. The van der Waals surface area contributed by atoms with E-state index in [1.54, 1.807) is 55.5 Å². The zero-order valence-electron chi connectivity index (χ0n) is 16.7. The Balaban J connectivity index is 1.71. The molecular weight excluding hydrogens is 430 g/mol. The fourth-order valence-corrected chi connectivity index (χ4v) is 4.16. The highest BCUT2D eigenvalue weighted by atomic mass is 32.1. The Labute approximate surface area is 186 Å². The van der Waals surface area contributed by atoms with Gasteiger partial charge in [0, 0.05) is 11.1 Å². The van der Waals surface area contributed by atoms with E-state index in [1.807, 2.05) is 0 Å². The molecule has 1 atom stereocenters. The van der Waals surface area contributed by atoms with Gasteiger partial charge >= 0.3 is 0 Å². The van der Waals surface area contributed by atoms with Crippen LogP contribution >= 0.6 is 12.2 Å². The van der Waals surface area contributed by atoms with Crippen LogP contribution in [0.1, 0.15) is 11.1 Å². The molecule has 9 nitrogen and oxygen atoms in total. The molecule has 0 spiro atoms. The second kappa shape index (κ2) is 7.29. The number of aromatic nitrogens is 1. The van der Waals surface area contributed by atoms with Crippen molar-refractivity contribution in [3.8, 4) is 5.75 Å². The lowest BCUT2D eigenvalue weighted by Gasteiger charge is -2.38. The molecule has 2 amide bonds. The number of hydrogen-bond acceptors (Lipinski definition) is 6. The molecule has 1 unspecified atom stereocenters. The highest BCUT2D eigenvalue weighted by Crippen LogP contribution is 2.32. The molecule has 2 aliphatic heterocycles. The molecule has 2 saturated heterocycles. The van der Waals surface area contributed by atoms with Gasteiger partial charge in [-0.05, 0) is 49.0 Å². The number of pyridine rings is 1. The Kier molecular flexibility index (Phi) is 4.54. The summed E-state index contributed by atoms with van der Waals surface area (Å²) in [6, 6.07) is 13.9. The summed E-state index contributed by atoms with van der Waals surface area (Å²) < 4.78 is 0. The third kappa shape index (κ3) is 2.88. The minimum atomic E-state index is -0.867. The van der Waals surface area contributed by atoms with Gasteiger partial charge in [-0.2, -0.15) is 5.43 Å². The van der Waals surface area contributed by atoms with E-state index in [4.69, 9.17) is 12.2 Å². The maximum atomic E-state index is 13.4. The van der Waals surface area contributed by atoms with Gasteiger partial charge < -0.3 is 10.1 Å². The molecule has 5 rings (SSSR count). The van der Waals surface area contributed by atoms with Crippen LogP contribution in [0.4, 0.5) is 5.69 Å². The number of aromatic hydroxyl groups is 1. The normalized spacial score (nSPS) is 19.6. The van der Waals surface area contributed by atoms with Gasteiger partial charge in [-0.15, -0.1) is 0 Å². The molecule has 32 heavy (non-hydrogen) atoms. The number of benzene rings is 2. The number of fused-ring (bicyclic) bond motifs is 2. The first-order valence-corrected chi connectivity index (χ1v) is 10.1. The van der Waals surface area contributed by atoms with Crippen molar-refractivity contribution in [3.05, 3.63) is 75.6 Å². The fraction of sp³-hybridized carbons (Fsp3) is 0.0909. The molecule has 0 radical (unpaired) electrons. The average Bonchev–Trinajstić information content (AvgIpc) is 3.16. The Morgan fingerprint density at radius 2 is 1.72 bits per heavy atom. The zero-order chi connectivity index (χ0) is 22.6. The van der Waals surface area contributed by atoms with Gasteiger partial charge in [0.05, 0.1) is 11.1 Å². The average molecular weight is 447 g/mol. The van der Waals surface area contributed by atoms with E-state index in [9.17, 15) is 19.5 Å². The van der Waals surface area contributed by atoms with Gasteiger partial charge in [0.2, 0.25) is 0 Å². The summed E-state index contributed by atoms with van der Waals surface area (Å²) in [5.74, 6) is -1.63. The van der Waals surface area contributed by atoms with Crippen LogP contribution in [0.2, 0.25) is 0 Å². The Morgan fingerprint density at radius 1 is 1.00 bits per heavy atom. The summed E-state index contributed by atoms with van der Waals surface area (Å²) in [5, 5.41) is 11.3. The topological polar surface area (TPSA) is 118 Å². The van der Waals surface area contributed by atoms with E-state index in [1.165, 1.54) is 9.80 Å². The zero-order valence-corrected chi connectivity index (χ0v) is 17.6. The molecule has 160 valence electrons. The molecule has 3 aromatic rings. The van der Waals surface area contributed by atoms with Crippen molar-refractivity contribution >= 4 is 51.8 Å². The minimum Gasteiger partial charge on any atom is -0.506 e. The van der Waals surface area contributed by atoms with Crippen LogP contribution in [0, 0.1) is 6.92 Å². The minimum absolute atomic E-state index is 0.0894. The SMILES string of the molecule is Cc1cccc2c(O)c(/C=C3\C(=O)N4C(=S)NNC4N(c4ccccc4)C3=O)c(=O)[nH]c12. The summed E-state index contributed by atoms with van der Waals surface area (Å²) in [4.78, 5) is 44.7. The molecule has 0 aliphatic carbocycles. The number of hydrogen-bond donors (Lipinski definition) is 4. The molecule has 1 aromatic heterocycles. The number of thiocarbonyl (C=S) groups is 1. The molecule has 2 aromatic carbocycles. The third-order valence-corrected chi connectivity index (χ3v) is 5.80. The van der Waals surface area contributed by atoms with Crippen molar-refractivity contribution < 1.29 is 14.7 Å². The molecule has 2 aliphatic rings. The second-order valence-electron chi connectivity index (χ2n) is 7.41. The lowest BCUT2D eigenvalue weighted by atomic mass is 10.0. The van der Waals surface area contributed by atoms with Gasteiger partial charge in [0.1, 0.15) is 11.3 Å². The Hall–Kier alpha value is -4.02. The highest BCUT2D eigenvalue weighted by Gasteiger charge is 2.48. The Bertz CT molecular complexity index is 1400. The molecule has 4 N–H and O–H groups in total. The number of anilines is 1. The molecule has 3 heterocycles. The van der Waals surface area contributed by atoms with Gasteiger partial charge in [0.15, 0.2) is 11.4 Å². The van der Waals surface area contributed by atoms with Crippen LogP contribution in [0.15, 0.2) is 58.9 Å². The largest absolute Gasteiger partial charge is 0.506 e. The maximum absolute atomic E-state index is 13.4. The fourth-order valence-electron chi connectivity index (χ4n) is 3.92. The number of rotatable bonds is 2. The number of carbonyl (C=O) groups excluding carboxylic acids is 2. The standard InChI is InChI=1S/C22H17N5O4S/c1-11-6-5-9-13-16(11)23-18(29)14(17(13)28)10-15-19(30)26(12-7-3-2-4-8-12)21-24-25-22(32)27(21)20(15)31/h2-10,21,24H,1H3,(H,25,32)(H2,23,28,29)/b15-10-. The van der Waals surface area contributed by atoms with Crippen molar-refractivity contribution in [2.75, 3.05) is 4.90 Å². The monoisotopic (exact) mass is 447 g/mol. The smallest absolute Gasteiger partial charge is 0.268 e. The van der Waals surface area contributed by atoms with Crippen molar-refractivity contribution in [1.29, 1.82) is 0 Å². The van der Waals surface area contributed by atoms with Crippen LogP contribution in [0.3, 0.4) is 0 Å². The van der Waals surface area contributed by atoms with Gasteiger partial charge in [0.25, 0.3) is 17.4 Å². The maximum Gasteiger partial charge on any atom is 0.268 e. The van der Waals surface area contributed by atoms with Crippen LogP contribution < -0.4 is 21.3 Å². The number of amides is 2. The van der Waals surface area contributed by atoms with E-state index in [-0.39, 0.29) is 22.0 Å². The summed E-state index contributed by atoms with van der Waals surface area (Å²) in [7, 11) is 0. The van der Waals surface area contributed by atoms with E-state index >= 15 is 0 Å². The summed E-state index contributed by atoms with van der Waals surface area (Å²) >= 11 is 5.23. The van der Waals surface area contributed by atoms with Crippen LogP contribution in [0.5, 0.6) is 5.75 Å². The van der Waals surface area contributed by atoms with Crippen molar-refractivity contribution in [2.24, 2.45) is 0 Å². The summed E-state index contributed by atoms with van der Waals surface area (Å²) in [5.41, 5.74) is 6.21. The lowest BCUT2D eigenvalue weighted by Crippen LogP contribution is -2.61. The van der Waals surface area contributed by atoms with E-state index in [0.717, 1.165) is 11.6 Å². The predicted molar refractivity (Wildman–Crippen MR) is 122 cm³/mol. The van der Waals surface area contributed by atoms with Gasteiger partial charge in [-0.1, -0.05) is 30.3 Å². The number of hydrazine groups is 1. The molecular formula is C22H17N5O4S. The van der Waals surface area contributed by atoms with Crippen LogP contribution in [0.25, 0.3) is 17.0 Å². The first-order chi connectivity index (χ1) is 15.4. The highest BCUT2D eigenvalue weighted by molar-refractivity contribution is 7.80. The van der Waals surface area contributed by atoms with E-state index in [2.05, 4.69) is 15.8 Å². The third-order valence-electron chi connectivity index (χ3n) is 5.50. The second-order valence-corrected chi connectivity index (χ2v) is 7.79. The molecule has 10 heteroatoms. The number of aryl methyl sites for hydroxylation is 1. The van der Waals surface area contributed by atoms with Gasteiger partial charge in [-0.25, -0.2) is 4.90 Å². The molecule has 2 fully saturated rings.